The smallest absolute Gasteiger partial charge is 0.323 e. The third-order valence-corrected chi connectivity index (χ3v) is 3.83. The molecule has 1 fully saturated rings. The van der Waals surface area contributed by atoms with Gasteiger partial charge in [-0.15, -0.1) is 0 Å². The number of hydrogen-bond donors (Lipinski definition) is 1. The van der Waals surface area contributed by atoms with Crippen molar-refractivity contribution in [2.24, 2.45) is 0 Å². The zero-order valence-electron chi connectivity index (χ0n) is 12.5. The van der Waals surface area contributed by atoms with Crippen molar-refractivity contribution in [2.45, 2.75) is 25.4 Å². The number of piperazine rings is 1. The quantitative estimate of drug-likeness (QED) is 0.835. The highest BCUT2D eigenvalue weighted by Gasteiger charge is 2.29. The minimum Gasteiger partial charge on any atom is -0.468 e. The van der Waals surface area contributed by atoms with Gasteiger partial charge in [0, 0.05) is 25.7 Å². The van der Waals surface area contributed by atoms with Gasteiger partial charge < -0.3 is 10.1 Å². The molecular formula is C16H21N3O2. The maximum atomic E-state index is 12.1. The zero-order chi connectivity index (χ0) is 15.2. The normalized spacial score (nSPS) is 20.5. The summed E-state index contributed by atoms with van der Waals surface area (Å²) < 4.78 is 4.96. The first-order valence-corrected chi connectivity index (χ1v) is 7.18. The van der Waals surface area contributed by atoms with Crippen LogP contribution in [0.2, 0.25) is 0 Å². The average Bonchev–Trinajstić information content (AvgIpc) is 2.52. The maximum absolute atomic E-state index is 12.1. The van der Waals surface area contributed by atoms with Gasteiger partial charge in [-0.25, -0.2) is 0 Å². The monoisotopic (exact) mass is 287 g/mol. The molecule has 0 aromatic heterocycles. The molecule has 0 radical (unpaired) electrons. The Hall–Kier alpha value is -1.90. The number of methoxy groups -OCH3 is 1. The Morgan fingerprint density at radius 3 is 2.81 bits per heavy atom. The van der Waals surface area contributed by atoms with Crippen LogP contribution in [0.1, 0.15) is 18.1 Å². The van der Waals surface area contributed by atoms with Crippen molar-refractivity contribution >= 4 is 5.97 Å². The molecule has 21 heavy (non-hydrogen) atoms. The summed E-state index contributed by atoms with van der Waals surface area (Å²) in [6.45, 7) is 4.65. The van der Waals surface area contributed by atoms with Gasteiger partial charge >= 0.3 is 5.97 Å². The summed E-state index contributed by atoms with van der Waals surface area (Å²) in [4.78, 5) is 14.3. The fourth-order valence-corrected chi connectivity index (χ4v) is 2.68. The number of nitrogens with zero attached hydrogens (tertiary/aromatic N) is 2. The summed E-state index contributed by atoms with van der Waals surface area (Å²) >= 11 is 0. The molecule has 1 saturated heterocycles. The van der Waals surface area contributed by atoms with Crippen molar-refractivity contribution in [2.75, 3.05) is 26.7 Å². The first-order valence-electron chi connectivity index (χ1n) is 7.18. The van der Waals surface area contributed by atoms with Crippen LogP contribution in [-0.2, 0) is 16.0 Å². The summed E-state index contributed by atoms with van der Waals surface area (Å²) in [5.74, 6) is -0.201. The van der Waals surface area contributed by atoms with Crippen LogP contribution < -0.4 is 5.32 Å². The second kappa shape index (κ2) is 7.21. The summed E-state index contributed by atoms with van der Waals surface area (Å²) in [5, 5.41) is 12.2. The van der Waals surface area contributed by atoms with E-state index in [0.717, 1.165) is 25.2 Å². The van der Waals surface area contributed by atoms with E-state index < -0.39 is 0 Å². The molecule has 5 heteroatoms. The van der Waals surface area contributed by atoms with E-state index in [0.29, 0.717) is 18.0 Å². The molecule has 1 aliphatic rings. The van der Waals surface area contributed by atoms with E-state index in [9.17, 15) is 4.79 Å². The Morgan fingerprint density at radius 2 is 2.24 bits per heavy atom. The maximum Gasteiger partial charge on any atom is 0.323 e. The predicted octanol–water partition coefficient (Wildman–Crippen LogP) is 0.936. The van der Waals surface area contributed by atoms with Crippen molar-refractivity contribution in [1.82, 2.24) is 10.2 Å². The molecule has 1 N–H and O–H groups in total. The molecule has 5 nitrogen and oxygen atoms in total. The standard InChI is InChI=1S/C16H21N3O2/c1-12-11-19(8-7-18-12)15(16(20)21-2)9-13-3-5-14(10-17)6-4-13/h3-6,12,15,18H,7-9,11H2,1-2H3. The molecule has 1 heterocycles. The molecule has 0 aliphatic carbocycles. The summed E-state index contributed by atoms with van der Waals surface area (Å²) in [5.41, 5.74) is 1.67. The fraction of sp³-hybridized carbons (Fsp3) is 0.500. The molecule has 1 aliphatic heterocycles. The van der Waals surface area contributed by atoms with Crippen LogP contribution in [-0.4, -0.2) is 49.7 Å². The predicted molar refractivity (Wildman–Crippen MR) is 79.7 cm³/mol. The Labute approximate surface area is 125 Å². The number of carbonyl (C=O) groups is 1. The third kappa shape index (κ3) is 4.03. The number of rotatable bonds is 4. The SMILES string of the molecule is COC(=O)C(Cc1ccc(C#N)cc1)N1CCNC(C)C1. The lowest BCUT2D eigenvalue weighted by Crippen LogP contribution is -2.55. The van der Waals surface area contributed by atoms with E-state index in [4.69, 9.17) is 10.00 Å². The van der Waals surface area contributed by atoms with E-state index in [1.165, 1.54) is 7.11 Å². The van der Waals surface area contributed by atoms with Gasteiger partial charge in [-0.3, -0.25) is 9.69 Å². The molecule has 1 aromatic carbocycles. The Morgan fingerprint density at radius 1 is 1.52 bits per heavy atom. The van der Waals surface area contributed by atoms with Crippen LogP contribution in [0.5, 0.6) is 0 Å². The number of nitriles is 1. The molecule has 0 saturated carbocycles. The summed E-state index contributed by atoms with van der Waals surface area (Å²) in [6.07, 6.45) is 0.602. The minimum atomic E-state index is -0.271. The van der Waals surface area contributed by atoms with Crippen LogP contribution in [0, 0.1) is 11.3 Å². The fourth-order valence-electron chi connectivity index (χ4n) is 2.68. The lowest BCUT2D eigenvalue weighted by Gasteiger charge is -2.36. The number of esters is 1. The molecule has 2 unspecified atom stereocenters. The number of nitrogens with one attached hydrogen (secondary N) is 1. The molecule has 112 valence electrons. The Kier molecular flexibility index (Phi) is 5.32. The van der Waals surface area contributed by atoms with Crippen molar-refractivity contribution in [1.29, 1.82) is 5.26 Å². The van der Waals surface area contributed by atoms with E-state index in [1.54, 1.807) is 12.1 Å². The van der Waals surface area contributed by atoms with Gasteiger partial charge in [-0.2, -0.15) is 5.26 Å². The molecule has 0 spiro atoms. The number of benzene rings is 1. The number of ether oxygens (including phenoxy) is 1. The van der Waals surface area contributed by atoms with Crippen LogP contribution in [0.15, 0.2) is 24.3 Å². The topological polar surface area (TPSA) is 65.4 Å². The van der Waals surface area contributed by atoms with Crippen LogP contribution in [0.3, 0.4) is 0 Å². The largest absolute Gasteiger partial charge is 0.468 e. The second-order valence-electron chi connectivity index (χ2n) is 5.40. The molecule has 1 aromatic rings. The highest BCUT2D eigenvalue weighted by atomic mass is 16.5. The van der Waals surface area contributed by atoms with Crippen LogP contribution in [0.4, 0.5) is 0 Å². The average molecular weight is 287 g/mol. The van der Waals surface area contributed by atoms with Gasteiger partial charge in [0.2, 0.25) is 0 Å². The molecule has 0 amide bonds. The second-order valence-corrected chi connectivity index (χ2v) is 5.40. The lowest BCUT2D eigenvalue weighted by molar-refractivity contribution is -0.147. The molecule has 2 atom stereocenters. The van der Waals surface area contributed by atoms with Gasteiger partial charge in [0.15, 0.2) is 0 Å². The van der Waals surface area contributed by atoms with Crippen LogP contribution in [0.25, 0.3) is 0 Å². The van der Waals surface area contributed by atoms with Gasteiger partial charge in [-0.1, -0.05) is 12.1 Å². The third-order valence-electron chi connectivity index (χ3n) is 3.83. The Bertz CT molecular complexity index is 521. The van der Waals surface area contributed by atoms with E-state index >= 15 is 0 Å². The van der Waals surface area contributed by atoms with Crippen LogP contribution >= 0.6 is 0 Å². The van der Waals surface area contributed by atoms with Crippen molar-refractivity contribution in [3.63, 3.8) is 0 Å². The van der Waals surface area contributed by atoms with Gasteiger partial charge in [0.05, 0.1) is 18.7 Å². The Balaban J connectivity index is 2.12. The van der Waals surface area contributed by atoms with E-state index in [2.05, 4.69) is 23.2 Å². The van der Waals surface area contributed by atoms with Gasteiger partial charge in [0.1, 0.15) is 6.04 Å². The van der Waals surface area contributed by atoms with Crippen molar-refractivity contribution in [3.05, 3.63) is 35.4 Å². The number of hydrogen-bond acceptors (Lipinski definition) is 5. The first-order chi connectivity index (χ1) is 10.1. The van der Waals surface area contributed by atoms with Crippen molar-refractivity contribution < 1.29 is 9.53 Å². The summed E-state index contributed by atoms with van der Waals surface area (Å²) in [6, 6.07) is 9.57. The molecular weight excluding hydrogens is 266 g/mol. The van der Waals surface area contributed by atoms with Gasteiger partial charge in [0.25, 0.3) is 0 Å². The number of carbonyl (C=O) groups excluding carboxylic acids is 1. The summed E-state index contributed by atoms with van der Waals surface area (Å²) in [7, 11) is 1.43. The van der Waals surface area contributed by atoms with E-state index in [-0.39, 0.29) is 12.0 Å². The molecule has 2 rings (SSSR count). The lowest BCUT2D eigenvalue weighted by atomic mass is 10.0. The minimum absolute atomic E-state index is 0.201. The zero-order valence-corrected chi connectivity index (χ0v) is 12.5. The van der Waals surface area contributed by atoms with Crippen molar-refractivity contribution in [3.8, 4) is 6.07 Å². The van der Waals surface area contributed by atoms with E-state index in [1.807, 2.05) is 12.1 Å². The van der Waals surface area contributed by atoms with Gasteiger partial charge in [-0.05, 0) is 31.0 Å². The highest BCUT2D eigenvalue weighted by Crippen LogP contribution is 2.14. The molecule has 0 bridgehead atoms. The highest BCUT2D eigenvalue weighted by molar-refractivity contribution is 5.76. The first kappa shape index (κ1) is 15.5.